The van der Waals surface area contributed by atoms with Crippen molar-refractivity contribution in [2.45, 2.75) is 13.5 Å². The minimum atomic E-state index is -0.494. The Bertz CT molecular complexity index is 1060. The normalized spacial score (nSPS) is 11.1. The van der Waals surface area contributed by atoms with E-state index in [0.717, 1.165) is 11.1 Å². The molecule has 0 aliphatic carbocycles. The zero-order valence-electron chi connectivity index (χ0n) is 15.7. The number of nitrogens with zero attached hydrogens (tertiary/aromatic N) is 5. The molecule has 0 fully saturated rings. The van der Waals surface area contributed by atoms with Gasteiger partial charge in [0.15, 0.2) is 5.78 Å². The lowest BCUT2D eigenvalue weighted by Gasteiger charge is -2.09. The van der Waals surface area contributed by atoms with E-state index >= 15 is 0 Å². The molecule has 0 N–H and O–H groups in total. The van der Waals surface area contributed by atoms with Crippen molar-refractivity contribution in [2.75, 3.05) is 7.11 Å². The van der Waals surface area contributed by atoms with Crippen LogP contribution in [0.25, 0.3) is 6.08 Å². The van der Waals surface area contributed by atoms with Gasteiger partial charge in [0.05, 0.1) is 29.8 Å². The summed E-state index contributed by atoms with van der Waals surface area (Å²) in [4.78, 5) is 22.7. The highest BCUT2D eigenvalue weighted by molar-refractivity contribution is 6.07. The summed E-state index contributed by atoms with van der Waals surface area (Å²) in [5.74, 6) is 0.496. The molecule has 0 aliphatic heterocycles. The minimum absolute atomic E-state index is 0.0764. The topological polar surface area (TPSA) is 105 Å². The molecule has 0 radical (unpaired) electrons. The van der Waals surface area contributed by atoms with Gasteiger partial charge in [-0.2, -0.15) is 10.2 Å². The number of aryl methyl sites for hydroxylation is 2. The highest BCUT2D eigenvalue weighted by atomic mass is 16.6. The van der Waals surface area contributed by atoms with Crippen molar-refractivity contribution in [3.63, 3.8) is 0 Å². The lowest BCUT2D eigenvalue weighted by atomic mass is 10.1. The summed E-state index contributed by atoms with van der Waals surface area (Å²) >= 11 is 0. The molecule has 0 saturated heterocycles. The molecular weight excluding hydrogens is 362 g/mol. The third-order valence-corrected chi connectivity index (χ3v) is 4.17. The summed E-state index contributed by atoms with van der Waals surface area (Å²) in [5, 5.41) is 19.0. The van der Waals surface area contributed by atoms with Crippen molar-refractivity contribution in [2.24, 2.45) is 7.05 Å². The Labute approximate surface area is 161 Å². The third kappa shape index (κ3) is 4.14. The zero-order chi connectivity index (χ0) is 20.3. The van der Waals surface area contributed by atoms with Crippen LogP contribution in [0.1, 0.15) is 27.2 Å². The highest BCUT2D eigenvalue weighted by Crippen LogP contribution is 2.22. The average molecular weight is 381 g/mol. The van der Waals surface area contributed by atoms with E-state index in [1.165, 1.54) is 23.2 Å². The number of hydrogen-bond donors (Lipinski definition) is 0. The summed E-state index contributed by atoms with van der Waals surface area (Å²) in [6.07, 6.45) is 7.45. The number of methoxy groups -OCH3 is 1. The Balaban J connectivity index is 1.82. The number of hydrogen-bond acceptors (Lipinski definition) is 6. The molecule has 0 amide bonds. The maximum absolute atomic E-state index is 12.4. The molecule has 0 atom stereocenters. The van der Waals surface area contributed by atoms with Crippen LogP contribution in [-0.4, -0.2) is 37.4 Å². The molecule has 0 aliphatic rings. The molecule has 2 aromatic heterocycles. The van der Waals surface area contributed by atoms with Crippen molar-refractivity contribution in [3.05, 3.63) is 75.4 Å². The number of benzene rings is 1. The quantitative estimate of drug-likeness (QED) is 0.270. The van der Waals surface area contributed by atoms with E-state index < -0.39 is 4.92 Å². The Morgan fingerprint density at radius 2 is 2.14 bits per heavy atom. The van der Waals surface area contributed by atoms with Gasteiger partial charge in [0.2, 0.25) is 0 Å². The summed E-state index contributed by atoms with van der Waals surface area (Å²) in [6.45, 7) is 2.09. The van der Waals surface area contributed by atoms with Crippen LogP contribution < -0.4 is 4.74 Å². The van der Waals surface area contributed by atoms with Gasteiger partial charge in [-0.3, -0.25) is 24.3 Å². The number of allylic oxidation sites excluding steroid dienone is 1. The second-order valence-corrected chi connectivity index (χ2v) is 6.22. The van der Waals surface area contributed by atoms with E-state index in [9.17, 15) is 14.9 Å². The molecule has 28 heavy (non-hydrogen) atoms. The summed E-state index contributed by atoms with van der Waals surface area (Å²) in [5.41, 5.74) is 2.73. The van der Waals surface area contributed by atoms with Crippen LogP contribution in [0.15, 0.2) is 42.9 Å². The van der Waals surface area contributed by atoms with Gasteiger partial charge >= 0.3 is 5.69 Å². The third-order valence-electron chi connectivity index (χ3n) is 4.17. The second kappa shape index (κ2) is 7.87. The number of nitro groups is 1. The zero-order valence-corrected chi connectivity index (χ0v) is 15.7. The largest absolute Gasteiger partial charge is 0.496 e. The average Bonchev–Trinajstić information content (AvgIpc) is 3.26. The molecule has 9 nitrogen and oxygen atoms in total. The standard InChI is InChI=1S/C19H19N5O4/c1-13-17(12-22(2)21-13)18(25)6-4-14-5-7-19(28-3)15(8-14)10-23-11-16(9-20-23)24(26)27/h4-9,11-12H,10H2,1-3H3. The van der Waals surface area contributed by atoms with Gasteiger partial charge < -0.3 is 4.74 Å². The van der Waals surface area contributed by atoms with Gasteiger partial charge in [-0.05, 0) is 30.7 Å². The van der Waals surface area contributed by atoms with Gasteiger partial charge in [0.25, 0.3) is 0 Å². The molecule has 0 bridgehead atoms. The van der Waals surface area contributed by atoms with Crippen molar-refractivity contribution < 1.29 is 14.5 Å². The minimum Gasteiger partial charge on any atom is -0.496 e. The van der Waals surface area contributed by atoms with Crippen LogP contribution in [0.4, 0.5) is 5.69 Å². The lowest BCUT2D eigenvalue weighted by molar-refractivity contribution is -0.385. The number of aromatic nitrogens is 4. The molecule has 9 heteroatoms. The molecule has 2 heterocycles. The maximum Gasteiger partial charge on any atom is 0.307 e. The van der Waals surface area contributed by atoms with E-state index in [0.29, 0.717) is 23.6 Å². The first kappa shape index (κ1) is 19.0. The number of ketones is 1. The summed E-state index contributed by atoms with van der Waals surface area (Å²) in [6, 6.07) is 5.46. The van der Waals surface area contributed by atoms with Gasteiger partial charge in [0.1, 0.15) is 18.1 Å². The SMILES string of the molecule is COc1ccc(C=CC(=O)c2cn(C)nc2C)cc1Cn1cc([N+](=O)[O-])cn1. The van der Waals surface area contributed by atoms with Crippen molar-refractivity contribution in [1.82, 2.24) is 19.6 Å². The predicted molar refractivity (Wildman–Crippen MR) is 102 cm³/mol. The highest BCUT2D eigenvalue weighted by Gasteiger charge is 2.12. The predicted octanol–water partition coefficient (Wildman–Crippen LogP) is 2.79. The van der Waals surface area contributed by atoms with E-state index in [1.807, 2.05) is 12.1 Å². The van der Waals surface area contributed by atoms with Gasteiger partial charge in [-0.25, -0.2) is 0 Å². The van der Waals surface area contributed by atoms with Crippen LogP contribution in [0.5, 0.6) is 5.75 Å². The molecule has 144 valence electrons. The maximum atomic E-state index is 12.4. The van der Waals surface area contributed by atoms with Gasteiger partial charge in [-0.1, -0.05) is 12.1 Å². The van der Waals surface area contributed by atoms with Crippen LogP contribution >= 0.6 is 0 Å². The smallest absolute Gasteiger partial charge is 0.307 e. The van der Waals surface area contributed by atoms with Crippen molar-refractivity contribution in [1.29, 1.82) is 0 Å². The first-order valence-electron chi connectivity index (χ1n) is 8.44. The van der Waals surface area contributed by atoms with Gasteiger partial charge in [-0.15, -0.1) is 0 Å². The number of ether oxygens (including phenoxy) is 1. The van der Waals surface area contributed by atoms with Crippen LogP contribution in [-0.2, 0) is 13.6 Å². The first-order valence-corrected chi connectivity index (χ1v) is 8.44. The second-order valence-electron chi connectivity index (χ2n) is 6.22. The molecule has 0 saturated carbocycles. The van der Waals surface area contributed by atoms with Crippen LogP contribution in [0.3, 0.4) is 0 Å². The lowest BCUT2D eigenvalue weighted by Crippen LogP contribution is -2.02. The first-order chi connectivity index (χ1) is 13.4. The molecular formula is C19H19N5O4. The number of carbonyl (C=O) groups excluding carboxylic acids is 1. The van der Waals surface area contributed by atoms with Crippen LogP contribution in [0, 0.1) is 17.0 Å². The Hall–Kier alpha value is -3.75. The van der Waals surface area contributed by atoms with E-state index in [-0.39, 0.29) is 11.5 Å². The van der Waals surface area contributed by atoms with E-state index in [2.05, 4.69) is 10.2 Å². The summed E-state index contributed by atoms with van der Waals surface area (Å²) in [7, 11) is 3.32. The van der Waals surface area contributed by atoms with E-state index in [1.54, 1.807) is 44.1 Å². The Morgan fingerprint density at radius 3 is 2.75 bits per heavy atom. The fourth-order valence-corrected chi connectivity index (χ4v) is 2.84. The fourth-order valence-electron chi connectivity index (χ4n) is 2.84. The van der Waals surface area contributed by atoms with Crippen LogP contribution in [0.2, 0.25) is 0 Å². The molecule has 3 aromatic rings. The van der Waals surface area contributed by atoms with E-state index in [4.69, 9.17) is 4.74 Å². The number of carbonyl (C=O) groups is 1. The fraction of sp³-hybridized carbons (Fsp3) is 0.211. The Morgan fingerprint density at radius 1 is 1.36 bits per heavy atom. The van der Waals surface area contributed by atoms with Gasteiger partial charge in [0, 0.05) is 18.8 Å². The number of rotatable bonds is 7. The molecule has 0 spiro atoms. The van der Waals surface area contributed by atoms with Crippen molar-refractivity contribution >= 4 is 17.5 Å². The summed E-state index contributed by atoms with van der Waals surface area (Å²) < 4.78 is 8.43. The molecule has 1 aromatic carbocycles. The molecule has 3 rings (SSSR count). The monoisotopic (exact) mass is 381 g/mol. The molecule has 0 unspecified atom stereocenters. The van der Waals surface area contributed by atoms with Crippen molar-refractivity contribution in [3.8, 4) is 5.75 Å². The Kier molecular flexibility index (Phi) is 5.35.